The maximum Gasteiger partial charge on any atom is 0.394 e. The minimum absolute atomic E-state index is 0.0226. The molecule has 3 aromatic rings. The maximum absolute atomic E-state index is 13.8. The van der Waals surface area contributed by atoms with E-state index in [0.717, 1.165) is 12.1 Å². The lowest BCUT2D eigenvalue weighted by Crippen LogP contribution is -2.32. The van der Waals surface area contributed by atoms with Gasteiger partial charge in [-0.15, -0.1) is 0 Å². The molecule has 1 amide bonds. The number of amides is 1. The molecule has 0 saturated carbocycles. The van der Waals surface area contributed by atoms with Gasteiger partial charge in [-0.05, 0) is 41.4 Å². The molecule has 2 heterocycles. The number of ether oxygens (including phenoxy) is 2. The van der Waals surface area contributed by atoms with Gasteiger partial charge in [0.1, 0.15) is 23.9 Å². The summed E-state index contributed by atoms with van der Waals surface area (Å²) >= 11 is 0. The predicted molar refractivity (Wildman–Crippen MR) is 105 cm³/mol. The summed E-state index contributed by atoms with van der Waals surface area (Å²) in [5, 5.41) is 0. The summed E-state index contributed by atoms with van der Waals surface area (Å²) < 4.78 is 118. The molecule has 0 bridgehead atoms. The van der Waals surface area contributed by atoms with E-state index in [9.17, 15) is 13.6 Å². The van der Waals surface area contributed by atoms with Crippen molar-refractivity contribution >= 4 is 5.91 Å². The molecule has 0 spiro atoms. The van der Waals surface area contributed by atoms with Gasteiger partial charge >= 0.3 is 6.11 Å². The number of aromatic nitrogens is 2. The number of halogens is 2. The fourth-order valence-electron chi connectivity index (χ4n) is 2.50. The van der Waals surface area contributed by atoms with E-state index in [1.807, 2.05) is 0 Å². The first-order valence-corrected chi connectivity index (χ1v) is 8.47. The van der Waals surface area contributed by atoms with Gasteiger partial charge in [0.2, 0.25) is 0 Å². The number of nitrogens with zero attached hydrogens (tertiary/aromatic N) is 3. The van der Waals surface area contributed by atoms with Crippen LogP contribution < -0.4 is 9.47 Å². The summed E-state index contributed by atoms with van der Waals surface area (Å²) in [5.74, 6) is -3.36. The van der Waals surface area contributed by atoms with Gasteiger partial charge in [-0.1, -0.05) is 18.2 Å². The summed E-state index contributed by atoms with van der Waals surface area (Å²) in [6.07, 6.45) is -5.18. The highest BCUT2D eigenvalue weighted by atomic mass is 19.3. The molecule has 0 aliphatic carbocycles. The van der Waals surface area contributed by atoms with E-state index in [2.05, 4.69) is 14.7 Å². The van der Waals surface area contributed by atoms with Crippen LogP contribution in [-0.2, 0) is 6.50 Å². The van der Waals surface area contributed by atoms with Crippen molar-refractivity contribution < 1.29 is 36.8 Å². The fraction of sp³-hybridized carbons (Fsp3) is 0.227. The largest absolute Gasteiger partial charge is 0.491 e. The van der Waals surface area contributed by atoms with Crippen LogP contribution in [0.2, 0.25) is 0 Å². The lowest BCUT2D eigenvalue weighted by Gasteiger charge is -2.19. The molecule has 0 N–H and O–H groups in total. The van der Waals surface area contributed by atoms with Crippen molar-refractivity contribution in [3.63, 3.8) is 0 Å². The summed E-state index contributed by atoms with van der Waals surface area (Å²) in [5.41, 5.74) is -1.05. The Balaban J connectivity index is 1.90. The number of carbonyl (C=O) groups is 1. The Morgan fingerprint density at radius 2 is 2.00 bits per heavy atom. The summed E-state index contributed by atoms with van der Waals surface area (Å²) in [4.78, 5) is 20.8. The molecule has 4 rings (SSSR count). The van der Waals surface area contributed by atoms with Gasteiger partial charge in [0.25, 0.3) is 5.91 Å². The van der Waals surface area contributed by atoms with Crippen molar-refractivity contribution in [1.29, 1.82) is 0 Å². The Hall–Kier alpha value is -3.55. The van der Waals surface area contributed by atoms with E-state index >= 15 is 0 Å². The maximum atomic E-state index is 13.8. The number of fused-ring (bicyclic) bond motifs is 1. The Morgan fingerprint density at radius 1 is 1.27 bits per heavy atom. The second-order valence-electron chi connectivity index (χ2n) is 5.98. The highest BCUT2D eigenvalue weighted by Gasteiger charge is 2.25. The van der Waals surface area contributed by atoms with Gasteiger partial charge in [0.05, 0.1) is 32.3 Å². The molecule has 1 aliphatic rings. The van der Waals surface area contributed by atoms with E-state index < -0.39 is 85.3 Å². The molecule has 0 atom stereocenters. The quantitative estimate of drug-likeness (QED) is 0.619. The minimum Gasteiger partial charge on any atom is -0.491 e. The molecule has 1 aliphatic heterocycles. The topological polar surface area (TPSA) is 64.6 Å². The summed E-state index contributed by atoms with van der Waals surface area (Å²) in [6.45, 7) is -6.72. The average Bonchev–Trinajstić information content (AvgIpc) is 2.94. The van der Waals surface area contributed by atoms with Gasteiger partial charge in [-0.2, -0.15) is 8.78 Å². The molecular formula is C22H19F2N3O3. The van der Waals surface area contributed by atoms with Crippen LogP contribution in [0.4, 0.5) is 8.78 Å². The molecule has 6 nitrogen and oxygen atoms in total. The first-order valence-electron chi connectivity index (χ1n) is 13.5. The molecule has 8 heteroatoms. The third-order valence-corrected chi connectivity index (χ3v) is 3.72. The molecule has 0 radical (unpaired) electrons. The Bertz CT molecular complexity index is 1490. The normalized spacial score (nSPS) is 20.9. The number of carbonyl (C=O) groups excluding carboxylic acids is 1. The van der Waals surface area contributed by atoms with Gasteiger partial charge in [0.15, 0.2) is 0 Å². The molecule has 0 unspecified atom stereocenters. The second kappa shape index (κ2) is 8.06. The SMILES string of the molecule is [2H]c1nc(C([2H])([2H])N2C(=O)c3c([2H])c(-c4ccc(OC(C)(F)F)cc4)c([2H])c([2H])c3OCC2([2H])[2H])nc([2H])c1[2H]. The van der Waals surface area contributed by atoms with Crippen molar-refractivity contribution in [3.05, 3.63) is 72.2 Å². The Morgan fingerprint density at radius 3 is 2.70 bits per heavy atom. The molecule has 0 fully saturated rings. The fourth-order valence-corrected chi connectivity index (χ4v) is 2.50. The lowest BCUT2D eigenvalue weighted by atomic mass is 10.0. The van der Waals surface area contributed by atoms with Crippen LogP contribution >= 0.6 is 0 Å². The van der Waals surface area contributed by atoms with Crippen LogP contribution in [0.15, 0.2) is 60.8 Å². The third-order valence-electron chi connectivity index (χ3n) is 3.72. The Kier molecular flexibility index (Phi) is 2.96. The monoisotopic (exact) mass is 421 g/mol. The van der Waals surface area contributed by atoms with E-state index in [4.69, 9.17) is 18.4 Å². The molecule has 154 valence electrons. The first-order chi connectivity index (χ1) is 18.4. The Labute approximate surface area is 186 Å². The van der Waals surface area contributed by atoms with Crippen LogP contribution in [0.5, 0.6) is 11.5 Å². The molecule has 0 saturated heterocycles. The van der Waals surface area contributed by atoms with Crippen molar-refractivity contribution in [3.8, 4) is 22.6 Å². The highest BCUT2D eigenvalue weighted by molar-refractivity contribution is 5.98. The second-order valence-corrected chi connectivity index (χ2v) is 5.98. The summed E-state index contributed by atoms with van der Waals surface area (Å²) in [7, 11) is 0. The predicted octanol–water partition coefficient (Wildman–Crippen LogP) is 4.17. The number of hydrogen-bond acceptors (Lipinski definition) is 5. The van der Waals surface area contributed by atoms with Gasteiger partial charge in [-0.3, -0.25) is 4.79 Å². The standard InChI is InChI=1S/C22H19F2N3O3/c1-22(23,24)30-17-6-3-15(4-7-17)16-5-8-19-18(13-16)21(28)27(11-12-29-19)14-20-25-9-2-10-26-20/h2-10,13H,11-12,14H2,1H3/i2D,5D,8D,9D,10D,11D2,13D,14D2. The van der Waals surface area contributed by atoms with Crippen LogP contribution in [0.25, 0.3) is 11.1 Å². The molecule has 30 heavy (non-hydrogen) atoms. The van der Waals surface area contributed by atoms with E-state index in [-0.39, 0.29) is 21.8 Å². The van der Waals surface area contributed by atoms with Crippen molar-refractivity contribution in [1.82, 2.24) is 14.9 Å². The smallest absolute Gasteiger partial charge is 0.394 e. The van der Waals surface area contributed by atoms with Crippen molar-refractivity contribution in [2.24, 2.45) is 0 Å². The highest BCUT2D eigenvalue weighted by Crippen LogP contribution is 2.31. The minimum atomic E-state index is -3.49. The van der Waals surface area contributed by atoms with E-state index in [1.54, 1.807) is 0 Å². The number of rotatable bonds is 5. The van der Waals surface area contributed by atoms with Crippen molar-refractivity contribution in [2.75, 3.05) is 13.1 Å². The van der Waals surface area contributed by atoms with Crippen LogP contribution in [0.1, 0.15) is 36.8 Å². The molecule has 2 aromatic carbocycles. The zero-order chi connectivity index (χ0) is 29.9. The van der Waals surface area contributed by atoms with Crippen LogP contribution in [-0.4, -0.2) is 40.0 Å². The van der Waals surface area contributed by atoms with Gasteiger partial charge < -0.3 is 14.4 Å². The van der Waals surface area contributed by atoms with E-state index in [0.29, 0.717) is 6.92 Å². The zero-order valence-electron chi connectivity index (χ0n) is 25.3. The van der Waals surface area contributed by atoms with E-state index in [1.165, 1.54) is 12.1 Å². The van der Waals surface area contributed by atoms with Crippen LogP contribution in [0, 0.1) is 0 Å². The summed E-state index contributed by atoms with van der Waals surface area (Å²) in [6, 6.07) is 1.87. The number of benzene rings is 2. The van der Waals surface area contributed by atoms with Gasteiger partial charge in [0, 0.05) is 19.3 Å². The molecular weight excluding hydrogens is 392 g/mol. The van der Waals surface area contributed by atoms with Crippen molar-refractivity contribution in [2.45, 2.75) is 19.5 Å². The lowest BCUT2D eigenvalue weighted by molar-refractivity contribution is -0.158. The number of hydrogen-bond donors (Lipinski definition) is 0. The molecule has 1 aromatic heterocycles. The number of alkyl halides is 2. The van der Waals surface area contributed by atoms with Crippen LogP contribution in [0.3, 0.4) is 0 Å². The zero-order valence-corrected chi connectivity index (χ0v) is 15.3. The van der Waals surface area contributed by atoms with Gasteiger partial charge in [-0.25, -0.2) is 9.97 Å². The third kappa shape index (κ3) is 4.53. The first kappa shape index (κ1) is 11.0. The average molecular weight is 421 g/mol.